The van der Waals surface area contributed by atoms with Crippen LogP contribution in [0.1, 0.15) is 22.7 Å². The average Bonchev–Trinajstić information content (AvgIpc) is 2.49. The first kappa shape index (κ1) is 13.3. The fraction of sp³-hybridized carbons (Fsp3) is 0.118. The van der Waals surface area contributed by atoms with Crippen molar-refractivity contribution in [1.82, 2.24) is 4.98 Å². The molecule has 2 aromatic carbocycles. The van der Waals surface area contributed by atoms with E-state index in [0.717, 1.165) is 26.5 Å². The summed E-state index contributed by atoms with van der Waals surface area (Å²) in [4.78, 5) is 4.34. The zero-order valence-corrected chi connectivity index (χ0v) is 12.8. The number of pyridine rings is 1. The van der Waals surface area contributed by atoms with Crippen molar-refractivity contribution >= 4 is 26.8 Å². The molecule has 2 nitrogen and oxygen atoms in total. The second-order valence-electron chi connectivity index (χ2n) is 4.91. The number of benzene rings is 2. The third-order valence-electron chi connectivity index (χ3n) is 3.54. The predicted molar refractivity (Wildman–Crippen MR) is 86.7 cm³/mol. The van der Waals surface area contributed by atoms with Gasteiger partial charge in [-0.05, 0) is 41.8 Å². The Bertz CT molecular complexity index is 768. The van der Waals surface area contributed by atoms with Crippen LogP contribution in [0, 0.1) is 6.92 Å². The number of halogens is 1. The van der Waals surface area contributed by atoms with Gasteiger partial charge in [-0.1, -0.05) is 46.3 Å². The van der Waals surface area contributed by atoms with Crippen molar-refractivity contribution in [2.24, 2.45) is 5.73 Å². The molecule has 0 amide bonds. The van der Waals surface area contributed by atoms with Crippen LogP contribution in [0.25, 0.3) is 10.9 Å². The molecule has 0 bridgehead atoms. The first-order valence-electron chi connectivity index (χ1n) is 6.52. The van der Waals surface area contributed by atoms with Crippen molar-refractivity contribution in [3.8, 4) is 0 Å². The predicted octanol–water partition coefficient (Wildman–Crippen LogP) is 4.35. The number of nitrogens with two attached hydrogens (primary N) is 1. The van der Waals surface area contributed by atoms with Gasteiger partial charge in [0.15, 0.2) is 0 Å². The van der Waals surface area contributed by atoms with Crippen LogP contribution in [0.5, 0.6) is 0 Å². The number of hydrogen-bond donors (Lipinski definition) is 1. The highest BCUT2D eigenvalue weighted by Crippen LogP contribution is 2.30. The van der Waals surface area contributed by atoms with Gasteiger partial charge in [-0.3, -0.25) is 4.98 Å². The molecule has 3 heteroatoms. The van der Waals surface area contributed by atoms with Crippen molar-refractivity contribution in [3.05, 3.63) is 75.9 Å². The van der Waals surface area contributed by atoms with E-state index in [9.17, 15) is 0 Å². The third kappa shape index (κ3) is 2.35. The monoisotopic (exact) mass is 326 g/mol. The summed E-state index contributed by atoms with van der Waals surface area (Å²) in [6.07, 6.45) is 1.80. The normalized spacial score (nSPS) is 12.6. The molecule has 3 rings (SSSR count). The number of rotatable bonds is 2. The summed E-state index contributed by atoms with van der Waals surface area (Å²) in [5, 5.41) is 1.12. The fourth-order valence-corrected chi connectivity index (χ4v) is 2.89. The number of hydrogen-bond acceptors (Lipinski definition) is 2. The van der Waals surface area contributed by atoms with E-state index in [1.807, 2.05) is 18.2 Å². The lowest BCUT2D eigenvalue weighted by Gasteiger charge is -2.16. The minimum absolute atomic E-state index is 0.145. The first-order valence-corrected chi connectivity index (χ1v) is 7.31. The SMILES string of the molecule is Cc1cccc(C(N)c2ccc3ncccc3c2)c1Br. The Morgan fingerprint density at radius 3 is 2.80 bits per heavy atom. The van der Waals surface area contributed by atoms with Crippen molar-refractivity contribution in [2.75, 3.05) is 0 Å². The summed E-state index contributed by atoms with van der Waals surface area (Å²) in [6.45, 7) is 2.07. The molecule has 0 radical (unpaired) electrons. The maximum Gasteiger partial charge on any atom is 0.0702 e. The van der Waals surface area contributed by atoms with Crippen LogP contribution >= 0.6 is 15.9 Å². The molecule has 0 aliphatic heterocycles. The third-order valence-corrected chi connectivity index (χ3v) is 4.63. The maximum absolute atomic E-state index is 6.43. The smallest absolute Gasteiger partial charge is 0.0702 e. The molecule has 20 heavy (non-hydrogen) atoms. The van der Waals surface area contributed by atoms with Crippen LogP contribution in [0.15, 0.2) is 59.2 Å². The van der Waals surface area contributed by atoms with Crippen LogP contribution < -0.4 is 5.73 Å². The second kappa shape index (κ2) is 5.35. The van der Waals surface area contributed by atoms with Gasteiger partial charge in [-0.2, -0.15) is 0 Å². The topological polar surface area (TPSA) is 38.9 Å². The van der Waals surface area contributed by atoms with Gasteiger partial charge in [0.05, 0.1) is 11.6 Å². The van der Waals surface area contributed by atoms with E-state index in [1.165, 1.54) is 5.56 Å². The first-order chi connectivity index (χ1) is 9.66. The van der Waals surface area contributed by atoms with Crippen molar-refractivity contribution in [2.45, 2.75) is 13.0 Å². The molecule has 2 N–H and O–H groups in total. The largest absolute Gasteiger partial charge is 0.320 e. The molecular formula is C17H15BrN2. The van der Waals surface area contributed by atoms with Gasteiger partial charge in [0, 0.05) is 16.1 Å². The molecule has 0 fully saturated rings. The van der Waals surface area contributed by atoms with Crippen LogP contribution in [0.2, 0.25) is 0 Å². The summed E-state index contributed by atoms with van der Waals surface area (Å²) in [5.41, 5.74) is 10.8. The van der Waals surface area contributed by atoms with Gasteiger partial charge >= 0.3 is 0 Å². The highest BCUT2D eigenvalue weighted by Gasteiger charge is 2.13. The Hall–Kier alpha value is -1.71. The molecular weight excluding hydrogens is 312 g/mol. The van der Waals surface area contributed by atoms with Crippen molar-refractivity contribution in [1.29, 1.82) is 0 Å². The number of aryl methyl sites for hydroxylation is 1. The van der Waals surface area contributed by atoms with Crippen LogP contribution in [-0.2, 0) is 0 Å². The summed E-state index contributed by atoms with van der Waals surface area (Å²) in [7, 11) is 0. The molecule has 1 aromatic heterocycles. The number of nitrogens with zero attached hydrogens (tertiary/aromatic N) is 1. The summed E-state index contributed by atoms with van der Waals surface area (Å²) < 4.78 is 1.08. The molecule has 0 saturated heterocycles. The Balaban J connectivity index is 2.08. The summed E-state index contributed by atoms with van der Waals surface area (Å²) in [6, 6.07) is 16.2. The van der Waals surface area contributed by atoms with Crippen molar-refractivity contribution < 1.29 is 0 Å². The van der Waals surface area contributed by atoms with Gasteiger partial charge in [0.1, 0.15) is 0 Å². The Kier molecular flexibility index (Phi) is 3.55. The molecule has 0 aliphatic rings. The van der Waals surface area contributed by atoms with E-state index in [0.29, 0.717) is 0 Å². The summed E-state index contributed by atoms with van der Waals surface area (Å²) >= 11 is 3.64. The van der Waals surface area contributed by atoms with Crippen LogP contribution in [0.4, 0.5) is 0 Å². The van der Waals surface area contributed by atoms with E-state index in [-0.39, 0.29) is 6.04 Å². The second-order valence-corrected chi connectivity index (χ2v) is 5.70. The average molecular weight is 327 g/mol. The lowest BCUT2D eigenvalue weighted by atomic mass is 9.97. The highest BCUT2D eigenvalue weighted by atomic mass is 79.9. The summed E-state index contributed by atoms with van der Waals surface area (Å²) in [5.74, 6) is 0. The Labute approximate surface area is 126 Å². The highest BCUT2D eigenvalue weighted by molar-refractivity contribution is 9.10. The van der Waals surface area contributed by atoms with E-state index in [2.05, 4.69) is 58.2 Å². The molecule has 0 saturated carbocycles. The zero-order chi connectivity index (χ0) is 14.1. The molecule has 100 valence electrons. The fourth-order valence-electron chi connectivity index (χ4n) is 2.38. The lowest BCUT2D eigenvalue weighted by Crippen LogP contribution is -2.12. The minimum Gasteiger partial charge on any atom is -0.320 e. The standard InChI is InChI=1S/C17H15BrN2/c1-11-4-2-6-14(16(11)18)17(19)13-7-8-15-12(10-13)5-3-9-20-15/h2-10,17H,19H2,1H3. The Morgan fingerprint density at radius 1 is 1.10 bits per heavy atom. The number of fused-ring (bicyclic) bond motifs is 1. The van der Waals surface area contributed by atoms with E-state index in [4.69, 9.17) is 5.73 Å². The minimum atomic E-state index is -0.145. The molecule has 0 aliphatic carbocycles. The van der Waals surface area contributed by atoms with Gasteiger partial charge in [-0.15, -0.1) is 0 Å². The molecule has 0 spiro atoms. The zero-order valence-electron chi connectivity index (χ0n) is 11.2. The van der Waals surface area contributed by atoms with Gasteiger partial charge in [-0.25, -0.2) is 0 Å². The Morgan fingerprint density at radius 2 is 1.95 bits per heavy atom. The van der Waals surface area contributed by atoms with Crippen molar-refractivity contribution in [3.63, 3.8) is 0 Å². The molecule has 1 unspecified atom stereocenters. The van der Waals surface area contributed by atoms with Crippen LogP contribution in [-0.4, -0.2) is 4.98 Å². The maximum atomic E-state index is 6.43. The van der Waals surface area contributed by atoms with E-state index in [1.54, 1.807) is 6.20 Å². The van der Waals surface area contributed by atoms with Gasteiger partial charge in [0.25, 0.3) is 0 Å². The molecule has 3 aromatic rings. The van der Waals surface area contributed by atoms with E-state index >= 15 is 0 Å². The van der Waals surface area contributed by atoms with Gasteiger partial charge in [0.2, 0.25) is 0 Å². The van der Waals surface area contributed by atoms with Crippen LogP contribution in [0.3, 0.4) is 0 Å². The number of aromatic nitrogens is 1. The van der Waals surface area contributed by atoms with E-state index < -0.39 is 0 Å². The quantitative estimate of drug-likeness (QED) is 0.760. The molecule has 1 atom stereocenters. The lowest BCUT2D eigenvalue weighted by molar-refractivity contribution is 0.865. The van der Waals surface area contributed by atoms with Gasteiger partial charge < -0.3 is 5.73 Å². The molecule has 1 heterocycles.